The van der Waals surface area contributed by atoms with Gasteiger partial charge < -0.3 is 19.5 Å². The highest BCUT2D eigenvalue weighted by Gasteiger charge is 2.32. The van der Waals surface area contributed by atoms with Crippen LogP contribution in [0.5, 0.6) is 5.75 Å². The summed E-state index contributed by atoms with van der Waals surface area (Å²) in [6.07, 6.45) is 2.48. The number of nitrogens with one attached hydrogen (secondary N) is 1. The summed E-state index contributed by atoms with van der Waals surface area (Å²) in [5, 5.41) is 3.44. The fourth-order valence-corrected chi connectivity index (χ4v) is 3.56. The second-order valence-corrected chi connectivity index (χ2v) is 7.57. The molecule has 0 amide bonds. The fraction of sp³-hybridized carbons (Fsp3) is 0.522. The summed E-state index contributed by atoms with van der Waals surface area (Å²) < 4.78 is 17.6. The van der Waals surface area contributed by atoms with E-state index in [1.165, 1.54) is 5.56 Å². The van der Waals surface area contributed by atoms with Gasteiger partial charge in [-0.1, -0.05) is 44.2 Å². The van der Waals surface area contributed by atoms with Crippen LogP contribution in [0.15, 0.2) is 30.3 Å². The Morgan fingerprint density at radius 1 is 1.21 bits per heavy atom. The van der Waals surface area contributed by atoms with E-state index in [2.05, 4.69) is 43.4 Å². The standard InChI is InChI=1S/C23H32N2O3/c1-16(2)24-12-8-9-13-27-22-17(3)25-20(14-18-10-6-5-7-11-18)19-15-28-23(26-4)21(19)22/h5-7,10-11,16,23-24H,8-9,12-15H2,1-4H3. The Morgan fingerprint density at radius 3 is 2.71 bits per heavy atom. The summed E-state index contributed by atoms with van der Waals surface area (Å²) in [5.41, 5.74) is 5.31. The number of aromatic nitrogens is 1. The van der Waals surface area contributed by atoms with Gasteiger partial charge in [-0.3, -0.25) is 4.98 Å². The van der Waals surface area contributed by atoms with Crippen LogP contribution in [0.4, 0.5) is 0 Å². The average Bonchev–Trinajstić information content (AvgIpc) is 3.11. The lowest BCUT2D eigenvalue weighted by atomic mass is 10.0. The Kier molecular flexibility index (Phi) is 7.43. The minimum Gasteiger partial charge on any atom is -0.491 e. The van der Waals surface area contributed by atoms with Gasteiger partial charge >= 0.3 is 0 Å². The summed E-state index contributed by atoms with van der Waals surface area (Å²) >= 11 is 0. The zero-order chi connectivity index (χ0) is 19.9. The largest absolute Gasteiger partial charge is 0.491 e. The smallest absolute Gasteiger partial charge is 0.187 e. The molecule has 1 N–H and O–H groups in total. The lowest BCUT2D eigenvalue weighted by molar-refractivity contribution is -0.119. The molecule has 5 heteroatoms. The molecule has 1 aliphatic heterocycles. The molecule has 0 saturated carbocycles. The highest BCUT2D eigenvalue weighted by Crippen LogP contribution is 2.41. The first kappa shape index (κ1) is 20.8. The van der Waals surface area contributed by atoms with Gasteiger partial charge in [-0.2, -0.15) is 0 Å². The zero-order valence-corrected chi connectivity index (χ0v) is 17.5. The van der Waals surface area contributed by atoms with Crippen molar-refractivity contribution in [1.82, 2.24) is 10.3 Å². The highest BCUT2D eigenvalue weighted by atomic mass is 16.7. The predicted molar refractivity (Wildman–Crippen MR) is 111 cm³/mol. The molecule has 2 aromatic rings. The second kappa shape index (κ2) is 10.0. The second-order valence-electron chi connectivity index (χ2n) is 7.57. The van der Waals surface area contributed by atoms with Crippen molar-refractivity contribution >= 4 is 0 Å². The van der Waals surface area contributed by atoms with Crippen LogP contribution < -0.4 is 10.1 Å². The van der Waals surface area contributed by atoms with E-state index < -0.39 is 0 Å². The van der Waals surface area contributed by atoms with Gasteiger partial charge in [0.05, 0.1) is 30.2 Å². The van der Waals surface area contributed by atoms with Crippen LogP contribution in [-0.4, -0.2) is 31.3 Å². The highest BCUT2D eigenvalue weighted by molar-refractivity contribution is 5.48. The molecule has 1 aromatic heterocycles. The molecule has 1 aliphatic rings. The van der Waals surface area contributed by atoms with E-state index in [4.69, 9.17) is 19.2 Å². The summed E-state index contributed by atoms with van der Waals surface area (Å²) in [5.74, 6) is 0.827. The van der Waals surface area contributed by atoms with Gasteiger partial charge in [0.2, 0.25) is 0 Å². The molecule has 28 heavy (non-hydrogen) atoms. The minimum atomic E-state index is -0.385. The van der Waals surface area contributed by atoms with Crippen molar-refractivity contribution in [2.75, 3.05) is 20.3 Å². The Balaban J connectivity index is 1.75. The van der Waals surface area contributed by atoms with E-state index in [0.717, 1.165) is 54.1 Å². The summed E-state index contributed by atoms with van der Waals surface area (Å²) in [7, 11) is 1.67. The number of aryl methyl sites for hydroxylation is 1. The van der Waals surface area contributed by atoms with Crippen LogP contribution >= 0.6 is 0 Å². The number of ether oxygens (including phenoxy) is 3. The van der Waals surface area contributed by atoms with Gasteiger partial charge in [-0.15, -0.1) is 0 Å². The van der Waals surface area contributed by atoms with Crippen molar-refractivity contribution in [1.29, 1.82) is 0 Å². The molecular formula is C23H32N2O3. The fourth-order valence-electron chi connectivity index (χ4n) is 3.56. The van der Waals surface area contributed by atoms with Gasteiger partial charge in [0.1, 0.15) is 5.75 Å². The van der Waals surface area contributed by atoms with Crippen LogP contribution in [0.3, 0.4) is 0 Å². The molecule has 152 valence electrons. The van der Waals surface area contributed by atoms with Gasteiger partial charge in [0.25, 0.3) is 0 Å². The van der Waals surface area contributed by atoms with Crippen LogP contribution in [0.1, 0.15) is 61.1 Å². The molecule has 0 aliphatic carbocycles. The average molecular weight is 385 g/mol. The summed E-state index contributed by atoms with van der Waals surface area (Å²) in [6, 6.07) is 10.9. The molecule has 1 atom stereocenters. The molecule has 3 rings (SSSR count). The molecule has 5 nitrogen and oxygen atoms in total. The molecule has 2 heterocycles. The predicted octanol–water partition coefficient (Wildman–Crippen LogP) is 4.31. The Bertz CT molecular complexity index is 762. The van der Waals surface area contributed by atoms with E-state index in [0.29, 0.717) is 19.3 Å². The van der Waals surface area contributed by atoms with Crippen LogP contribution in [0.25, 0.3) is 0 Å². The third kappa shape index (κ3) is 5.10. The van der Waals surface area contributed by atoms with Crippen LogP contribution in [-0.2, 0) is 22.5 Å². The van der Waals surface area contributed by atoms with Crippen LogP contribution in [0, 0.1) is 6.92 Å². The first-order chi connectivity index (χ1) is 13.6. The molecule has 0 fully saturated rings. The third-order valence-electron chi connectivity index (χ3n) is 4.96. The first-order valence-electron chi connectivity index (χ1n) is 10.2. The van der Waals surface area contributed by atoms with E-state index >= 15 is 0 Å². The molecule has 1 unspecified atom stereocenters. The van der Waals surface area contributed by atoms with E-state index in [9.17, 15) is 0 Å². The lowest BCUT2D eigenvalue weighted by Crippen LogP contribution is -2.23. The number of methoxy groups -OCH3 is 1. The van der Waals surface area contributed by atoms with Gasteiger partial charge in [0.15, 0.2) is 6.29 Å². The van der Waals surface area contributed by atoms with Crippen molar-refractivity contribution in [3.8, 4) is 5.75 Å². The quantitative estimate of drug-likeness (QED) is 0.619. The zero-order valence-electron chi connectivity index (χ0n) is 17.5. The van der Waals surface area contributed by atoms with Gasteiger partial charge in [-0.25, -0.2) is 0 Å². The lowest BCUT2D eigenvalue weighted by Gasteiger charge is -2.18. The van der Waals surface area contributed by atoms with E-state index in [-0.39, 0.29) is 6.29 Å². The Labute approximate surface area is 168 Å². The number of hydrogen-bond acceptors (Lipinski definition) is 5. The number of benzene rings is 1. The number of nitrogens with zero attached hydrogens (tertiary/aromatic N) is 1. The van der Waals surface area contributed by atoms with Crippen molar-refractivity contribution in [3.05, 3.63) is 58.4 Å². The molecule has 0 saturated heterocycles. The van der Waals surface area contributed by atoms with E-state index in [1.54, 1.807) is 7.11 Å². The molecule has 0 radical (unpaired) electrons. The maximum absolute atomic E-state index is 6.17. The molecule has 0 spiro atoms. The van der Waals surface area contributed by atoms with Crippen molar-refractivity contribution < 1.29 is 14.2 Å². The normalized spacial score (nSPS) is 15.8. The third-order valence-corrected chi connectivity index (χ3v) is 4.96. The summed E-state index contributed by atoms with van der Waals surface area (Å²) in [6.45, 7) is 8.53. The maximum atomic E-state index is 6.17. The minimum absolute atomic E-state index is 0.385. The van der Waals surface area contributed by atoms with Crippen molar-refractivity contribution in [2.45, 2.75) is 59.0 Å². The number of rotatable bonds is 10. The van der Waals surface area contributed by atoms with Crippen molar-refractivity contribution in [2.24, 2.45) is 0 Å². The molecule has 1 aromatic carbocycles. The number of hydrogen-bond donors (Lipinski definition) is 1. The molecule has 0 bridgehead atoms. The van der Waals surface area contributed by atoms with Crippen molar-refractivity contribution in [3.63, 3.8) is 0 Å². The van der Waals surface area contributed by atoms with Gasteiger partial charge in [0, 0.05) is 25.1 Å². The Hall–Kier alpha value is -1.95. The SMILES string of the molecule is COC1OCc2c(Cc3ccccc3)nc(C)c(OCCCCNC(C)C)c21. The number of unbranched alkanes of at least 4 members (excludes halogenated alkanes) is 1. The topological polar surface area (TPSA) is 52.6 Å². The monoisotopic (exact) mass is 384 g/mol. The van der Waals surface area contributed by atoms with E-state index in [1.807, 2.05) is 13.0 Å². The first-order valence-corrected chi connectivity index (χ1v) is 10.2. The molecular weight excluding hydrogens is 352 g/mol. The van der Waals surface area contributed by atoms with Crippen LogP contribution in [0.2, 0.25) is 0 Å². The summed E-state index contributed by atoms with van der Waals surface area (Å²) in [4.78, 5) is 4.87. The Morgan fingerprint density at radius 2 is 2.00 bits per heavy atom. The van der Waals surface area contributed by atoms with Gasteiger partial charge in [-0.05, 0) is 31.9 Å². The number of pyridine rings is 1. The number of fused-ring (bicyclic) bond motifs is 1. The maximum Gasteiger partial charge on any atom is 0.187 e.